The Morgan fingerprint density at radius 2 is 1.80 bits per heavy atom. The van der Waals surface area contributed by atoms with Gasteiger partial charge in [-0.15, -0.1) is 0 Å². The van der Waals surface area contributed by atoms with Gasteiger partial charge in [-0.2, -0.15) is 5.10 Å². The fourth-order valence-corrected chi connectivity index (χ4v) is 1.90. The molecule has 5 heteroatoms. The van der Waals surface area contributed by atoms with Crippen molar-refractivity contribution in [2.45, 2.75) is 26.7 Å². The lowest BCUT2D eigenvalue weighted by Crippen LogP contribution is -1.97. The molecule has 5 nitrogen and oxygen atoms in total. The number of nitrogens with zero attached hydrogens (tertiary/aromatic N) is 2. The van der Waals surface area contributed by atoms with E-state index in [1.54, 1.807) is 4.68 Å². The summed E-state index contributed by atoms with van der Waals surface area (Å²) in [5, 5.41) is 4.32. The monoisotopic (exact) mass is 275 g/mol. The maximum Gasteiger partial charge on any atom is 0.241 e. The Morgan fingerprint density at radius 1 is 1.15 bits per heavy atom. The van der Waals surface area contributed by atoms with Crippen molar-refractivity contribution in [3.8, 4) is 17.4 Å². The van der Waals surface area contributed by atoms with Gasteiger partial charge in [-0.25, -0.2) is 4.68 Å². The summed E-state index contributed by atoms with van der Waals surface area (Å²) in [6, 6.07) is 7.50. The molecule has 0 saturated heterocycles. The summed E-state index contributed by atoms with van der Waals surface area (Å²) in [4.78, 5) is 0. The van der Waals surface area contributed by atoms with Crippen molar-refractivity contribution >= 4 is 5.69 Å². The van der Waals surface area contributed by atoms with E-state index in [9.17, 15) is 0 Å². The number of hydrogen-bond acceptors (Lipinski definition) is 4. The molecule has 0 bridgehead atoms. The first-order chi connectivity index (χ1) is 9.65. The van der Waals surface area contributed by atoms with Gasteiger partial charge in [-0.05, 0) is 37.1 Å². The first-order valence-electron chi connectivity index (χ1n) is 6.87. The highest BCUT2D eigenvalue weighted by Crippen LogP contribution is 2.30. The number of rotatable bonds is 6. The van der Waals surface area contributed by atoms with E-state index in [0.717, 1.165) is 30.9 Å². The van der Waals surface area contributed by atoms with Crippen LogP contribution in [-0.2, 0) is 13.5 Å². The van der Waals surface area contributed by atoms with Gasteiger partial charge in [0.1, 0.15) is 17.2 Å². The van der Waals surface area contributed by atoms with Crippen LogP contribution < -0.4 is 15.2 Å². The Bertz CT molecular complexity index is 561. The van der Waals surface area contributed by atoms with E-state index in [4.69, 9.17) is 15.2 Å². The van der Waals surface area contributed by atoms with Crippen molar-refractivity contribution in [3.05, 3.63) is 30.0 Å². The fourth-order valence-electron chi connectivity index (χ4n) is 1.90. The molecule has 0 spiro atoms. The molecule has 0 radical (unpaired) electrons. The number of anilines is 1. The lowest BCUT2D eigenvalue weighted by molar-refractivity contribution is 0.317. The van der Waals surface area contributed by atoms with Crippen molar-refractivity contribution in [3.63, 3.8) is 0 Å². The summed E-state index contributed by atoms with van der Waals surface area (Å²) in [5.41, 5.74) is 7.48. The summed E-state index contributed by atoms with van der Waals surface area (Å²) in [5.74, 6) is 2.13. The third-order valence-electron chi connectivity index (χ3n) is 2.95. The Hall–Kier alpha value is -2.17. The maximum atomic E-state index is 6.03. The zero-order chi connectivity index (χ0) is 14.5. The lowest BCUT2D eigenvalue weighted by Gasteiger charge is -2.08. The van der Waals surface area contributed by atoms with Crippen LogP contribution in [0, 0.1) is 0 Å². The third kappa shape index (κ3) is 3.04. The van der Waals surface area contributed by atoms with E-state index < -0.39 is 0 Å². The highest BCUT2D eigenvalue weighted by Gasteiger charge is 2.13. The molecule has 1 heterocycles. The Balaban J connectivity index is 2.12. The second-order valence-corrected chi connectivity index (χ2v) is 4.56. The predicted octanol–water partition coefficient (Wildman–Crippen LogP) is 3.15. The molecule has 2 aromatic rings. The van der Waals surface area contributed by atoms with Gasteiger partial charge in [0.15, 0.2) is 0 Å². The average Bonchev–Trinajstić information content (AvgIpc) is 2.74. The van der Waals surface area contributed by atoms with Gasteiger partial charge < -0.3 is 15.2 Å². The smallest absolute Gasteiger partial charge is 0.241 e. The molecule has 2 rings (SSSR count). The summed E-state index contributed by atoms with van der Waals surface area (Å²) in [7, 11) is 1.82. The van der Waals surface area contributed by atoms with Gasteiger partial charge in [0.05, 0.1) is 12.3 Å². The molecule has 0 aliphatic carbocycles. The molecular weight excluding hydrogens is 254 g/mol. The van der Waals surface area contributed by atoms with Crippen molar-refractivity contribution in [1.29, 1.82) is 0 Å². The van der Waals surface area contributed by atoms with Crippen molar-refractivity contribution in [2.75, 3.05) is 12.3 Å². The third-order valence-corrected chi connectivity index (χ3v) is 2.95. The summed E-state index contributed by atoms with van der Waals surface area (Å²) >= 11 is 0. The van der Waals surface area contributed by atoms with Crippen LogP contribution in [0.15, 0.2) is 24.3 Å². The van der Waals surface area contributed by atoms with Crippen LogP contribution in [0.1, 0.15) is 26.0 Å². The van der Waals surface area contributed by atoms with E-state index in [-0.39, 0.29) is 0 Å². The molecule has 0 atom stereocenters. The van der Waals surface area contributed by atoms with Crippen LogP contribution in [-0.4, -0.2) is 16.4 Å². The zero-order valence-corrected chi connectivity index (χ0v) is 12.2. The topological polar surface area (TPSA) is 62.3 Å². The molecule has 0 saturated carbocycles. The molecule has 0 aliphatic rings. The van der Waals surface area contributed by atoms with Gasteiger partial charge in [-0.1, -0.05) is 13.8 Å². The fraction of sp³-hybridized carbons (Fsp3) is 0.400. The van der Waals surface area contributed by atoms with Gasteiger partial charge in [0.25, 0.3) is 0 Å². The predicted molar refractivity (Wildman–Crippen MR) is 79.3 cm³/mol. The summed E-state index contributed by atoms with van der Waals surface area (Å²) in [6.45, 7) is 4.81. The molecule has 0 fully saturated rings. The lowest BCUT2D eigenvalue weighted by atomic mass is 10.3. The number of nitrogen functional groups attached to an aromatic ring is 1. The molecule has 1 aromatic carbocycles. The quantitative estimate of drug-likeness (QED) is 0.879. The number of aryl methyl sites for hydroxylation is 2. The molecule has 0 amide bonds. The van der Waals surface area contributed by atoms with Crippen molar-refractivity contribution in [2.24, 2.45) is 7.05 Å². The molecule has 20 heavy (non-hydrogen) atoms. The van der Waals surface area contributed by atoms with Crippen molar-refractivity contribution < 1.29 is 9.47 Å². The van der Waals surface area contributed by atoms with Gasteiger partial charge in [0, 0.05) is 7.05 Å². The molecule has 108 valence electrons. The minimum Gasteiger partial charge on any atom is -0.494 e. The Morgan fingerprint density at radius 3 is 2.35 bits per heavy atom. The number of ether oxygens (including phenoxy) is 2. The van der Waals surface area contributed by atoms with Crippen LogP contribution >= 0.6 is 0 Å². The molecule has 0 aliphatic heterocycles. The highest BCUT2D eigenvalue weighted by atomic mass is 16.5. The SMILES string of the molecule is CCCOc1ccc(Oc2c(N)c(CC)nn2C)cc1. The second-order valence-electron chi connectivity index (χ2n) is 4.56. The number of hydrogen-bond donors (Lipinski definition) is 1. The van der Waals surface area contributed by atoms with Gasteiger partial charge >= 0.3 is 0 Å². The normalized spacial score (nSPS) is 10.6. The molecular formula is C15H21N3O2. The van der Waals surface area contributed by atoms with E-state index in [0.29, 0.717) is 17.3 Å². The maximum absolute atomic E-state index is 6.03. The molecule has 0 unspecified atom stereocenters. The van der Waals surface area contributed by atoms with Crippen molar-refractivity contribution in [1.82, 2.24) is 9.78 Å². The van der Waals surface area contributed by atoms with Crippen LogP contribution in [0.3, 0.4) is 0 Å². The standard InChI is InChI=1S/C15H21N3O2/c1-4-10-19-11-6-8-12(9-7-11)20-15-14(16)13(5-2)17-18(15)3/h6-9H,4-5,10,16H2,1-3H3. The van der Waals surface area contributed by atoms with Crippen LogP contribution in [0.2, 0.25) is 0 Å². The molecule has 1 aromatic heterocycles. The summed E-state index contributed by atoms with van der Waals surface area (Å²) in [6.07, 6.45) is 1.77. The first kappa shape index (κ1) is 14.2. The second kappa shape index (κ2) is 6.32. The Labute approximate surface area is 119 Å². The molecule has 2 N–H and O–H groups in total. The first-order valence-corrected chi connectivity index (χ1v) is 6.87. The van der Waals surface area contributed by atoms with Crippen LogP contribution in [0.4, 0.5) is 5.69 Å². The van der Waals surface area contributed by atoms with Gasteiger partial charge in [-0.3, -0.25) is 0 Å². The van der Waals surface area contributed by atoms with E-state index in [1.807, 2.05) is 38.2 Å². The Kier molecular flexibility index (Phi) is 4.50. The van der Waals surface area contributed by atoms with Gasteiger partial charge in [0.2, 0.25) is 5.88 Å². The minimum absolute atomic E-state index is 0.573. The number of benzene rings is 1. The largest absolute Gasteiger partial charge is 0.494 e. The van der Waals surface area contributed by atoms with E-state index >= 15 is 0 Å². The number of nitrogens with two attached hydrogens (primary N) is 1. The zero-order valence-electron chi connectivity index (χ0n) is 12.2. The number of aromatic nitrogens is 2. The van der Waals surface area contributed by atoms with Crippen LogP contribution in [0.5, 0.6) is 17.4 Å². The van der Waals surface area contributed by atoms with Crippen LogP contribution in [0.25, 0.3) is 0 Å². The highest BCUT2D eigenvalue weighted by molar-refractivity contribution is 5.54. The summed E-state index contributed by atoms with van der Waals surface area (Å²) < 4.78 is 13.0. The van der Waals surface area contributed by atoms with E-state index in [2.05, 4.69) is 12.0 Å². The van der Waals surface area contributed by atoms with E-state index in [1.165, 1.54) is 0 Å². The minimum atomic E-state index is 0.573. The average molecular weight is 275 g/mol.